The number of nitrogens with one attached hydrogen (secondary N) is 2. The van der Waals surface area contributed by atoms with Crippen LogP contribution in [0.3, 0.4) is 0 Å². The van der Waals surface area contributed by atoms with Gasteiger partial charge >= 0.3 is 5.97 Å². The number of pyridine rings is 1. The molecule has 2 N–H and O–H groups in total. The van der Waals surface area contributed by atoms with Crippen molar-refractivity contribution in [2.75, 3.05) is 0 Å². The molecule has 1 aromatic carbocycles. The third kappa shape index (κ3) is 2.91. The summed E-state index contributed by atoms with van der Waals surface area (Å²) in [7, 11) is 0. The van der Waals surface area contributed by atoms with E-state index < -0.39 is 0 Å². The molecule has 2 atom stereocenters. The van der Waals surface area contributed by atoms with Crippen molar-refractivity contribution in [2.24, 2.45) is 0 Å². The first-order chi connectivity index (χ1) is 12.1. The summed E-state index contributed by atoms with van der Waals surface area (Å²) < 4.78 is 5.45. The molecule has 3 aromatic rings. The zero-order valence-corrected chi connectivity index (χ0v) is 14.3. The van der Waals surface area contributed by atoms with Crippen molar-refractivity contribution in [1.29, 1.82) is 0 Å². The van der Waals surface area contributed by atoms with Gasteiger partial charge in [-0.05, 0) is 37.1 Å². The maximum Gasteiger partial charge on any atom is 0.323 e. The fourth-order valence-electron chi connectivity index (χ4n) is 3.51. The van der Waals surface area contributed by atoms with Gasteiger partial charge in [0.1, 0.15) is 6.04 Å². The van der Waals surface area contributed by atoms with Crippen molar-refractivity contribution in [3.05, 3.63) is 65.6 Å². The predicted molar refractivity (Wildman–Crippen MR) is 96.2 cm³/mol. The van der Waals surface area contributed by atoms with E-state index in [1.54, 1.807) is 6.20 Å². The maximum atomic E-state index is 12.5. The topological polar surface area (TPSA) is 67.0 Å². The minimum atomic E-state index is -0.376. The van der Waals surface area contributed by atoms with Crippen LogP contribution in [0.5, 0.6) is 0 Å². The molecule has 0 spiro atoms. The van der Waals surface area contributed by atoms with Crippen molar-refractivity contribution < 1.29 is 9.53 Å². The average Bonchev–Trinajstić information content (AvgIpc) is 3.00. The van der Waals surface area contributed by atoms with Crippen LogP contribution in [0.4, 0.5) is 0 Å². The van der Waals surface area contributed by atoms with Crippen LogP contribution in [0.2, 0.25) is 0 Å². The number of fused-ring (bicyclic) bond motifs is 3. The molecule has 25 heavy (non-hydrogen) atoms. The minimum absolute atomic E-state index is 0.116. The molecular formula is C20H21N3O2. The Hall–Kier alpha value is -2.66. The van der Waals surface area contributed by atoms with Gasteiger partial charge in [-0.2, -0.15) is 0 Å². The first kappa shape index (κ1) is 15.8. The van der Waals surface area contributed by atoms with Crippen molar-refractivity contribution in [3.8, 4) is 0 Å². The zero-order valence-electron chi connectivity index (χ0n) is 14.3. The van der Waals surface area contributed by atoms with Gasteiger partial charge in [0.25, 0.3) is 0 Å². The quantitative estimate of drug-likeness (QED) is 0.722. The van der Waals surface area contributed by atoms with E-state index in [1.165, 1.54) is 5.56 Å². The van der Waals surface area contributed by atoms with Crippen LogP contribution in [-0.4, -0.2) is 28.1 Å². The van der Waals surface area contributed by atoms with E-state index in [1.807, 2.05) is 44.3 Å². The standard InChI is InChI=1S/C20H21N3O2/c1-12(2)25-20(24)17-10-15-14-7-3-4-8-16(14)22-19(15)18(23-17)13-6-5-9-21-11-13/h3-9,11-12,17-18,22-23H,10H2,1-2H3. The van der Waals surface area contributed by atoms with Gasteiger partial charge in [0, 0.05) is 35.4 Å². The molecule has 3 heterocycles. The van der Waals surface area contributed by atoms with Crippen LogP contribution in [0.25, 0.3) is 10.9 Å². The predicted octanol–water partition coefficient (Wildman–Crippen LogP) is 3.12. The third-order valence-corrected chi connectivity index (χ3v) is 4.57. The molecule has 0 saturated heterocycles. The number of rotatable bonds is 3. The summed E-state index contributed by atoms with van der Waals surface area (Å²) in [6.45, 7) is 3.74. The molecule has 1 aliphatic rings. The van der Waals surface area contributed by atoms with Crippen molar-refractivity contribution in [2.45, 2.75) is 38.5 Å². The molecule has 0 radical (unpaired) electrons. The number of nitrogens with zero attached hydrogens (tertiary/aromatic N) is 1. The van der Waals surface area contributed by atoms with Crippen LogP contribution in [-0.2, 0) is 16.0 Å². The second-order valence-electron chi connectivity index (χ2n) is 6.69. The Bertz CT molecular complexity index is 902. The molecule has 128 valence electrons. The van der Waals surface area contributed by atoms with Crippen LogP contribution >= 0.6 is 0 Å². The number of esters is 1. The van der Waals surface area contributed by atoms with Gasteiger partial charge in [0.15, 0.2) is 0 Å². The Morgan fingerprint density at radius 2 is 2.08 bits per heavy atom. The lowest BCUT2D eigenvalue weighted by Crippen LogP contribution is -2.46. The number of aromatic nitrogens is 2. The summed E-state index contributed by atoms with van der Waals surface area (Å²) in [5.41, 5.74) is 4.38. The largest absolute Gasteiger partial charge is 0.462 e. The zero-order chi connectivity index (χ0) is 17.4. The minimum Gasteiger partial charge on any atom is -0.462 e. The van der Waals surface area contributed by atoms with E-state index in [2.05, 4.69) is 27.4 Å². The number of aromatic amines is 1. The third-order valence-electron chi connectivity index (χ3n) is 4.57. The first-order valence-corrected chi connectivity index (χ1v) is 8.59. The van der Waals surface area contributed by atoms with Crippen molar-refractivity contribution in [3.63, 3.8) is 0 Å². The van der Waals surface area contributed by atoms with Gasteiger partial charge in [-0.25, -0.2) is 0 Å². The highest BCUT2D eigenvalue weighted by atomic mass is 16.5. The molecule has 4 rings (SSSR count). The number of H-pyrrole nitrogens is 1. The lowest BCUT2D eigenvalue weighted by molar-refractivity contribution is -0.150. The van der Waals surface area contributed by atoms with E-state index in [9.17, 15) is 4.79 Å². The number of hydrogen-bond acceptors (Lipinski definition) is 4. The van der Waals surface area contributed by atoms with E-state index in [-0.39, 0.29) is 24.2 Å². The van der Waals surface area contributed by atoms with E-state index in [4.69, 9.17) is 4.74 Å². The van der Waals surface area contributed by atoms with Gasteiger partial charge in [-0.3, -0.25) is 15.1 Å². The number of hydrogen-bond donors (Lipinski definition) is 2. The highest BCUT2D eigenvalue weighted by Crippen LogP contribution is 2.35. The molecule has 0 amide bonds. The highest BCUT2D eigenvalue weighted by molar-refractivity contribution is 5.87. The fraction of sp³-hybridized carbons (Fsp3) is 0.300. The maximum absolute atomic E-state index is 12.5. The summed E-state index contributed by atoms with van der Waals surface area (Å²) >= 11 is 0. The molecule has 0 saturated carbocycles. The Morgan fingerprint density at radius 3 is 2.84 bits per heavy atom. The van der Waals surface area contributed by atoms with Gasteiger partial charge in [-0.1, -0.05) is 24.3 Å². The molecular weight excluding hydrogens is 314 g/mol. The summed E-state index contributed by atoms with van der Waals surface area (Å²) in [5, 5.41) is 4.61. The summed E-state index contributed by atoms with van der Waals surface area (Å²) in [4.78, 5) is 20.3. The van der Waals surface area contributed by atoms with E-state index >= 15 is 0 Å². The monoisotopic (exact) mass is 335 g/mol. The summed E-state index contributed by atoms with van der Waals surface area (Å²) in [6, 6.07) is 11.6. The van der Waals surface area contributed by atoms with Gasteiger partial charge in [0.05, 0.1) is 12.1 Å². The van der Waals surface area contributed by atoms with Crippen molar-refractivity contribution >= 4 is 16.9 Å². The molecule has 1 aliphatic heterocycles. The van der Waals surface area contributed by atoms with Gasteiger partial charge in [-0.15, -0.1) is 0 Å². The summed E-state index contributed by atoms with van der Waals surface area (Å²) in [5.74, 6) is -0.208. The average molecular weight is 335 g/mol. The number of carbonyl (C=O) groups excluding carboxylic acids is 1. The Morgan fingerprint density at radius 1 is 1.24 bits per heavy atom. The number of para-hydroxylation sites is 1. The Kier molecular flexibility index (Phi) is 4.01. The van der Waals surface area contributed by atoms with Crippen LogP contribution in [0.15, 0.2) is 48.8 Å². The first-order valence-electron chi connectivity index (χ1n) is 8.59. The SMILES string of the molecule is CC(C)OC(=O)C1Cc2c([nH]c3ccccc23)C(c2cccnc2)N1. The van der Waals surface area contributed by atoms with Crippen LogP contribution in [0.1, 0.15) is 36.7 Å². The van der Waals surface area contributed by atoms with Gasteiger partial charge < -0.3 is 9.72 Å². The lowest BCUT2D eigenvalue weighted by atomic mass is 9.91. The van der Waals surface area contributed by atoms with Gasteiger partial charge in [0.2, 0.25) is 0 Å². The number of carbonyl (C=O) groups is 1. The molecule has 0 aliphatic carbocycles. The number of benzene rings is 1. The lowest BCUT2D eigenvalue weighted by Gasteiger charge is -2.30. The molecule has 5 heteroatoms. The fourth-order valence-corrected chi connectivity index (χ4v) is 3.51. The second-order valence-corrected chi connectivity index (χ2v) is 6.69. The molecule has 2 unspecified atom stereocenters. The second kappa shape index (κ2) is 6.33. The molecule has 5 nitrogen and oxygen atoms in total. The van der Waals surface area contributed by atoms with Crippen LogP contribution < -0.4 is 5.32 Å². The van der Waals surface area contributed by atoms with Crippen LogP contribution in [0, 0.1) is 0 Å². The Labute approximate surface area is 146 Å². The highest BCUT2D eigenvalue weighted by Gasteiger charge is 2.35. The molecule has 0 bridgehead atoms. The normalized spacial score (nSPS) is 19.8. The molecule has 2 aromatic heterocycles. The summed E-state index contributed by atoms with van der Waals surface area (Å²) in [6.07, 6.45) is 4.07. The van der Waals surface area contributed by atoms with Crippen molar-refractivity contribution in [1.82, 2.24) is 15.3 Å². The Balaban J connectivity index is 1.80. The number of ether oxygens (including phenoxy) is 1. The molecule has 0 fully saturated rings. The van der Waals surface area contributed by atoms with E-state index in [0.29, 0.717) is 6.42 Å². The smallest absolute Gasteiger partial charge is 0.323 e. The van der Waals surface area contributed by atoms with E-state index in [0.717, 1.165) is 22.2 Å².